The summed E-state index contributed by atoms with van der Waals surface area (Å²) in [6.45, 7) is 2.06. The van der Waals surface area contributed by atoms with Gasteiger partial charge in [-0.25, -0.2) is 4.39 Å². The van der Waals surface area contributed by atoms with Crippen molar-refractivity contribution in [3.05, 3.63) is 59.7 Å². The van der Waals surface area contributed by atoms with E-state index in [0.29, 0.717) is 12.6 Å². The third kappa shape index (κ3) is 3.01. The summed E-state index contributed by atoms with van der Waals surface area (Å²) in [4.78, 5) is 14.4. The molecule has 0 saturated heterocycles. The zero-order valence-electron chi connectivity index (χ0n) is 12.9. The number of aromatic nitrogens is 1. The molecule has 120 valence electrons. The Balaban J connectivity index is 1.61. The average molecular weight is 313 g/mol. The molecule has 1 fully saturated rings. The number of benzene rings is 1. The lowest BCUT2D eigenvalue weighted by atomic mass is 10.00. The molecule has 1 aliphatic carbocycles. The van der Waals surface area contributed by atoms with Crippen molar-refractivity contribution in [1.29, 1.82) is 0 Å². The number of nitrogens with zero attached hydrogens (tertiary/aromatic N) is 2. The van der Waals surface area contributed by atoms with Crippen molar-refractivity contribution in [1.82, 2.24) is 14.8 Å². The van der Waals surface area contributed by atoms with Gasteiger partial charge in [-0.2, -0.15) is 0 Å². The third-order valence-corrected chi connectivity index (χ3v) is 4.61. The SMILES string of the molecule is O=C(CN1CCn2cccc2[C@@H]1c1ccc(F)cc1)NC1CC1. The Kier molecular flexibility index (Phi) is 3.65. The van der Waals surface area contributed by atoms with Crippen molar-refractivity contribution in [2.75, 3.05) is 13.1 Å². The van der Waals surface area contributed by atoms with Crippen LogP contribution in [0.1, 0.15) is 30.1 Å². The summed E-state index contributed by atoms with van der Waals surface area (Å²) in [5.74, 6) is -0.155. The zero-order valence-corrected chi connectivity index (χ0v) is 12.9. The van der Waals surface area contributed by atoms with Crippen molar-refractivity contribution in [3.63, 3.8) is 0 Å². The van der Waals surface area contributed by atoms with E-state index in [4.69, 9.17) is 0 Å². The molecule has 4 rings (SSSR count). The second-order valence-electron chi connectivity index (χ2n) is 6.39. The molecule has 23 heavy (non-hydrogen) atoms. The van der Waals surface area contributed by atoms with E-state index in [2.05, 4.69) is 27.0 Å². The molecule has 0 spiro atoms. The van der Waals surface area contributed by atoms with Crippen LogP contribution in [0.15, 0.2) is 42.6 Å². The van der Waals surface area contributed by atoms with Crippen molar-refractivity contribution in [3.8, 4) is 0 Å². The summed E-state index contributed by atoms with van der Waals surface area (Å²) in [5.41, 5.74) is 2.17. The van der Waals surface area contributed by atoms with Crippen LogP contribution >= 0.6 is 0 Å². The predicted octanol–water partition coefficient (Wildman–Crippen LogP) is 2.31. The van der Waals surface area contributed by atoms with Crippen LogP contribution < -0.4 is 5.32 Å². The highest BCUT2D eigenvalue weighted by molar-refractivity contribution is 5.78. The van der Waals surface area contributed by atoms with Crippen LogP contribution in [0.3, 0.4) is 0 Å². The molecule has 2 aliphatic rings. The first-order valence-corrected chi connectivity index (χ1v) is 8.14. The molecule has 1 atom stereocenters. The lowest BCUT2D eigenvalue weighted by molar-refractivity contribution is -0.123. The van der Waals surface area contributed by atoms with E-state index >= 15 is 0 Å². The summed E-state index contributed by atoms with van der Waals surface area (Å²) in [6.07, 6.45) is 4.25. The third-order valence-electron chi connectivity index (χ3n) is 4.61. The van der Waals surface area contributed by atoms with Gasteiger partial charge in [0, 0.05) is 31.0 Å². The monoisotopic (exact) mass is 313 g/mol. The van der Waals surface area contributed by atoms with Gasteiger partial charge < -0.3 is 9.88 Å². The van der Waals surface area contributed by atoms with Crippen LogP contribution in [0, 0.1) is 5.82 Å². The summed E-state index contributed by atoms with van der Waals surface area (Å²) in [5, 5.41) is 3.05. The van der Waals surface area contributed by atoms with Crippen LogP contribution in [0.5, 0.6) is 0 Å². The Hall–Kier alpha value is -2.14. The molecule has 0 radical (unpaired) electrons. The highest BCUT2D eigenvalue weighted by Gasteiger charge is 2.31. The van der Waals surface area contributed by atoms with Crippen LogP contribution in [0.2, 0.25) is 0 Å². The van der Waals surface area contributed by atoms with Gasteiger partial charge in [0.1, 0.15) is 5.82 Å². The number of hydrogen-bond acceptors (Lipinski definition) is 2. The van der Waals surface area contributed by atoms with Gasteiger partial charge in [0.05, 0.1) is 12.6 Å². The minimum Gasteiger partial charge on any atom is -0.352 e. The van der Waals surface area contributed by atoms with E-state index in [1.165, 1.54) is 12.1 Å². The average Bonchev–Trinajstić information content (AvgIpc) is 3.22. The molecule has 1 aromatic heterocycles. The minimum atomic E-state index is -0.238. The lowest BCUT2D eigenvalue weighted by Crippen LogP contribution is -2.44. The fourth-order valence-electron chi connectivity index (χ4n) is 3.31. The zero-order chi connectivity index (χ0) is 15.8. The smallest absolute Gasteiger partial charge is 0.234 e. The summed E-state index contributed by atoms with van der Waals surface area (Å²) in [6, 6.07) is 11.1. The fraction of sp³-hybridized carbons (Fsp3) is 0.389. The van der Waals surface area contributed by atoms with Gasteiger partial charge in [-0.1, -0.05) is 12.1 Å². The fourth-order valence-corrected chi connectivity index (χ4v) is 3.31. The van der Waals surface area contributed by atoms with E-state index in [1.54, 1.807) is 0 Å². The topological polar surface area (TPSA) is 37.3 Å². The predicted molar refractivity (Wildman–Crippen MR) is 85.4 cm³/mol. The lowest BCUT2D eigenvalue weighted by Gasteiger charge is -2.36. The first-order valence-electron chi connectivity index (χ1n) is 8.14. The van der Waals surface area contributed by atoms with E-state index in [0.717, 1.165) is 37.2 Å². The minimum absolute atomic E-state index is 0.00990. The quantitative estimate of drug-likeness (QED) is 0.940. The number of carbonyl (C=O) groups excluding carboxylic acids is 1. The Bertz CT molecular complexity index is 705. The van der Waals surface area contributed by atoms with E-state index in [-0.39, 0.29) is 17.8 Å². The largest absolute Gasteiger partial charge is 0.352 e. The highest BCUT2D eigenvalue weighted by Crippen LogP contribution is 2.32. The number of rotatable bonds is 4. The summed E-state index contributed by atoms with van der Waals surface area (Å²) >= 11 is 0. The Labute approximate surface area is 134 Å². The second kappa shape index (κ2) is 5.81. The van der Waals surface area contributed by atoms with E-state index in [1.807, 2.05) is 18.2 Å². The van der Waals surface area contributed by atoms with E-state index < -0.39 is 0 Å². The molecule has 2 heterocycles. The normalized spacial score (nSPS) is 21.0. The Morgan fingerprint density at radius 3 is 2.70 bits per heavy atom. The molecule has 1 N–H and O–H groups in total. The molecule has 1 aliphatic heterocycles. The van der Waals surface area contributed by atoms with Crippen LogP contribution in [0.4, 0.5) is 4.39 Å². The molecular weight excluding hydrogens is 293 g/mol. The molecule has 4 nitrogen and oxygen atoms in total. The number of nitrogens with one attached hydrogen (secondary N) is 1. The van der Waals surface area contributed by atoms with Crippen LogP contribution in [-0.2, 0) is 11.3 Å². The van der Waals surface area contributed by atoms with Crippen molar-refractivity contribution < 1.29 is 9.18 Å². The second-order valence-corrected chi connectivity index (χ2v) is 6.39. The summed E-state index contributed by atoms with van der Waals surface area (Å²) < 4.78 is 15.5. The van der Waals surface area contributed by atoms with Gasteiger partial charge in [-0.05, 0) is 42.7 Å². The highest BCUT2D eigenvalue weighted by atomic mass is 19.1. The molecule has 0 unspecified atom stereocenters. The van der Waals surface area contributed by atoms with Gasteiger partial charge in [0.15, 0.2) is 0 Å². The number of halogens is 1. The number of carbonyl (C=O) groups is 1. The Morgan fingerprint density at radius 2 is 1.96 bits per heavy atom. The first kappa shape index (κ1) is 14.5. The van der Waals surface area contributed by atoms with Gasteiger partial charge in [0.25, 0.3) is 0 Å². The number of hydrogen-bond donors (Lipinski definition) is 1. The molecule has 1 saturated carbocycles. The summed E-state index contributed by atoms with van der Waals surface area (Å²) in [7, 11) is 0. The molecule has 1 amide bonds. The van der Waals surface area contributed by atoms with Gasteiger partial charge in [-0.15, -0.1) is 0 Å². The van der Waals surface area contributed by atoms with Gasteiger partial charge in [0.2, 0.25) is 5.91 Å². The van der Waals surface area contributed by atoms with Crippen LogP contribution in [0.25, 0.3) is 0 Å². The Morgan fingerprint density at radius 1 is 1.17 bits per heavy atom. The van der Waals surface area contributed by atoms with Gasteiger partial charge >= 0.3 is 0 Å². The van der Waals surface area contributed by atoms with Gasteiger partial charge in [-0.3, -0.25) is 9.69 Å². The maximum absolute atomic E-state index is 13.3. The van der Waals surface area contributed by atoms with Crippen molar-refractivity contribution >= 4 is 5.91 Å². The molecule has 0 bridgehead atoms. The maximum Gasteiger partial charge on any atom is 0.234 e. The first-order chi connectivity index (χ1) is 11.2. The molecule has 1 aromatic carbocycles. The standard InChI is InChI=1S/C18H20FN3O/c19-14-5-3-13(4-6-14)18-16-2-1-9-21(16)10-11-22(18)12-17(23)20-15-7-8-15/h1-6,9,15,18H,7-8,10-12H2,(H,20,23)/t18-/m0/s1. The van der Waals surface area contributed by atoms with Crippen LogP contribution in [-0.4, -0.2) is 34.5 Å². The van der Waals surface area contributed by atoms with E-state index in [9.17, 15) is 9.18 Å². The maximum atomic E-state index is 13.3. The van der Waals surface area contributed by atoms with Crippen molar-refractivity contribution in [2.45, 2.75) is 31.5 Å². The molecular formula is C18H20FN3O. The molecule has 5 heteroatoms. The molecule has 2 aromatic rings. The number of amides is 1. The number of fused-ring (bicyclic) bond motifs is 1. The van der Waals surface area contributed by atoms with Crippen molar-refractivity contribution in [2.24, 2.45) is 0 Å².